The molecule has 10 nitrogen and oxygen atoms in total. The summed E-state index contributed by atoms with van der Waals surface area (Å²) in [5.41, 5.74) is -0.0826. The van der Waals surface area contributed by atoms with Crippen LogP contribution in [0.15, 0.2) is 42.5 Å². The molecule has 2 amide bonds. The number of rotatable bonds is 8. The maximum atomic E-state index is 15.7. The molecule has 2 aromatic carbocycles. The molecule has 0 radical (unpaired) electrons. The van der Waals surface area contributed by atoms with Crippen LogP contribution in [0.1, 0.15) is 37.3 Å². The van der Waals surface area contributed by atoms with Crippen LogP contribution in [-0.4, -0.2) is 56.1 Å². The van der Waals surface area contributed by atoms with E-state index in [1.807, 2.05) is 12.1 Å². The SMILES string of the molecule is C[C@H]1[C@H]([Si](C)(C)F)[C@@H](CCO)O[C@]12C(=O)N(Cc1ccc(NC(=O)C3CCCNC3)cc1)c1ccc([N+](=O)[O-])cc12. The lowest BCUT2D eigenvalue weighted by atomic mass is 9.82. The van der Waals surface area contributed by atoms with Crippen molar-refractivity contribution in [2.75, 3.05) is 29.9 Å². The third kappa shape index (κ3) is 5.29. The van der Waals surface area contributed by atoms with Crippen LogP contribution in [0.25, 0.3) is 0 Å². The van der Waals surface area contributed by atoms with Crippen LogP contribution in [0.5, 0.6) is 0 Å². The van der Waals surface area contributed by atoms with Gasteiger partial charge in [0.15, 0.2) is 5.60 Å². The van der Waals surface area contributed by atoms with Gasteiger partial charge in [-0.3, -0.25) is 19.7 Å². The number of nitrogens with zero attached hydrogens (tertiary/aromatic N) is 2. The molecule has 3 aliphatic heterocycles. The zero-order valence-electron chi connectivity index (χ0n) is 23.6. The van der Waals surface area contributed by atoms with Gasteiger partial charge in [-0.1, -0.05) is 19.1 Å². The number of amides is 2. The number of nitro benzene ring substituents is 1. The molecule has 5 rings (SSSR count). The van der Waals surface area contributed by atoms with Crippen molar-refractivity contribution in [2.45, 2.75) is 63.1 Å². The van der Waals surface area contributed by atoms with E-state index in [0.717, 1.165) is 24.9 Å². The molecule has 5 atom stereocenters. The largest absolute Gasteiger partial charge is 0.396 e. The van der Waals surface area contributed by atoms with Crippen molar-refractivity contribution < 1.29 is 28.5 Å². The van der Waals surface area contributed by atoms with E-state index in [1.54, 1.807) is 43.1 Å². The summed E-state index contributed by atoms with van der Waals surface area (Å²) in [7, 11) is -3.38. The van der Waals surface area contributed by atoms with Gasteiger partial charge in [0, 0.05) is 48.0 Å². The molecule has 2 fully saturated rings. The predicted octanol–water partition coefficient (Wildman–Crippen LogP) is 4.24. The third-order valence-electron chi connectivity index (χ3n) is 8.80. The Morgan fingerprint density at radius 2 is 2.02 bits per heavy atom. The molecule has 0 aromatic heterocycles. The van der Waals surface area contributed by atoms with Crippen molar-refractivity contribution in [2.24, 2.45) is 11.8 Å². The average Bonchev–Trinajstić information content (AvgIpc) is 3.36. The molecule has 12 heteroatoms. The van der Waals surface area contributed by atoms with Crippen molar-refractivity contribution >= 4 is 37.3 Å². The topological polar surface area (TPSA) is 134 Å². The highest BCUT2D eigenvalue weighted by molar-refractivity contribution is 6.72. The van der Waals surface area contributed by atoms with Gasteiger partial charge in [-0.25, -0.2) is 0 Å². The van der Waals surface area contributed by atoms with E-state index in [4.69, 9.17) is 4.74 Å². The molecule has 0 bridgehead atoms. The van der Waals surface area contributed by atoms with Crippen LogP contribution >= 0.6 is 0 Å². The minimum atomic E-state index is -3.38. The Hall–Kier alpha value is -3.19. The average molecular weight is 585 g/mol. The first kappa shape index (κ1) is 29.3. The van der Waals surface area contributed by atoms with Gasteiger partial charge in [0.2, 0.25) is 14.3 Å². The minimum absolute atomic E-state index is 0.0316. The number of benzene rings is 2. The second-order valence-electron chi connectivity index (χ2n) is 11.9. The Morgan fingerprint density at radius 3 is 2.63 bits per heavy atom. The van der Waals surface area contributed by atoms with Gasteiger partial charge in [-0.2, -0.15) is 0 Å². The number of hydrogen-bond donors (Lipinski definition) is 3. The van der Waals surface area contributed by atoms with Crippen LogP contribution in [-0.2, 0) is 26.5 Å². The Balaban J connectivity index is 1.45. The minimum Gasteiger partial charge on any atom is -0.396 e. The van der Waals surface area contributed by atoms with Crippen LogP contribution in [0.2, 0.25) is 18.6 Å². The van der Waals surface area contributed by atoms with Crippen molar-refractivity contribution in [3.05, 3.63) is 63.7 Å². The van der Waals surface area contributed by atoms with E-state index in [0.29, 0.717) is 23.5 Å². The molecule has 1 unspecified atom stereocenters. The number of anilines is 2. The zero-order valence-corrected chi connectivity index (χ0v) is 24.6. The molecule has 2 saturated heterocycles. The van der Waals surface area contributed by atoms with Crippen LogP contribution in [0.3, 0.4) is 0 Å². The Morgan fingerprint density at radius 1 is 1.29 bits per heavy atom. The normalized spacial score (nSPS) is 27.7. The number of fused-ring (bicyclic) bond motifs is 2. The van der Waals surface area contributed by atoms with Crippen molar-refractivity contribution in [3.8, 4) is 0 Å². The maximum Gasteiger partial charge on any atom is 0.269 e. The van der Waals surface area contributed by atoms with Gasteiger partial charge in [-0.05, 0) is 62.7 Å². The Labute approximate surface area is 239 Å². The number of piperidine rings is 1. The molecule has 0 saturated carbocycles. The number of carbonyl (C=O) groups excluding carboxylic acids is 2. The number of nitro groups is 1. The van der Waals surface area contributed by atoms with Gasteiger partial charge in [-0.15, -0.1) is 0 Å². The predicted molar refractivity (Wildman–Crippen MR) is 155 cm³/mol. The standard InChI is InChI=1S/C29H37FN4O6Si/c1-18-26(41(2,3)30)25(12-14-35)40-29(18)23-15-22(34(38)39)10-11-24(23)33(28(29)37)17-19-6-8-21(9-7-19)32-27(36)20-5-4-13-31-16-20/h6-11,15,18,20,25-26,31,35H,4-5,12-14,16-17H2,1-3H3,(H,32,36)/t18-,20?,25+,26-,29+/m0/s1. The van der Waals surface area contributed by atoms with Gasteiger partial charge in [0.1, 0.15) is 0 Å². The van der Waals surface area contributed by atoms with Crippen molar-refractivity contribution in [3.63, 3.8) is 0 Å². The number of ether oxygens (including phenoxy) is 1. The highest BCUT2D eigenvalue weighted by Crippen LogP contribution is 2.60. The number of aliphatic hydroxyl groups is 1. The first-order chi connectivity index (χ1) is 19.5. The summed E-state index contributed by atoms with van der Waals surface area (Å²) in [6.45, 7) is 6.42. The summed E-state index contributed by atoms with van der Waals surface area (Å²) in [6, 6.07) is 11.5. The summed E-state index contributed by atoms with van der Waals surface area (Å²) in [5.74, 6) is -1.11. The fourth-order valence-electron chi connectivity index (χ4n) is 6.90. The van der Waals surface area contributed by atoms with Crippen LogP contribution < -0.4 is 15.5 Å². The van der Waals surface area contributed by atoms with Gasteiger partial charge in [0.25, 0.3) is 11.6 Å². The van der Waals surface area contributed by atoms with Gasteiger partial charge < -0.3 is 29.5 Å². The molecule has 0 aliphatic carbocycles. The van der Waals surface area contributed by atoms with Crippen LogP contribution in [0, 0.1) is 22.0 Å². The number of hydrogen-bond acceptors (Lipinski definition) is 7. The summed E-state index contributed by atoms with van der Waals surface area (Å²) in [6.07, 6.45) is 1.27. The van der Waals surface area contributed by atoms with Crippen molar-refractivity contribution in [1.29, 1.82) is 0 Å². The number of halogens is 1. The summed E-state index contributed by atoms with van der Waals surface area (Å²) >= 11 is 0. The lowest BCUT2D eigenvalue weighted by Crippen LogP contribution is -2.45. The smallest absolute Gasteiger partial charge is 0.269 e. The summed E-state index contributed by atoms with van der Waals surface area (Å²) < 4.78 is 22.1. The molecule has 2 aromatic rings. The Kier molecular flexibility index (Phi) is 8.03. The first-order valence-electron chi connectivity index (χ1n) is 14.2. The fourth-order valence-corrected chi connectivity index (χ4v) is 9.44. The van der Waals surface area contributed by atoms with Crippen molar-refractivity contribution in [1.82, 2.24) is 5.32 Å². The zero-order chi connectivity index (χ0) is 29.5. The summed E-state index contributed by atoms with van der Waals surface area (Å²) in [5, 5.41) is 27.6. The molecular weight excluding hydrogens is 547 g/mol. The first-order valence-corrected chi connectivity index (χ1v) is 17.1. The molecule has 220 valence electrons. The van der Waals surface area contributed by atoms with E-state index in [-0.39, 0.29) is 37.1 Å². The monoisotopic (exact) mass is 584 g/mol. The molecule has 1 spiro atoms. The second-order valence-corrected chi connectivity index (χ2v) is 15.7. The quantitative estimate of drug-likeness (QED) is 0.183. The second kappa shape index (κ2) is 11.2. The summed E-state index contributed by atoms with van der Waals surface area (Å²) in [4.78, 5) is 39.6. The number of carbonyl (C=O) groups is 2. The lowest BCUT2D eigenvalue weighted by Gasteiger charge is -2.31. The third-order valence-corrected chi connectivity index (χ3v) is 11.3. The molecule has 41 heavy (non-hydrogen) atoms. The molecule has 3 N–H and O–H groups in total. The van der Waals surface area contributed by atoms with E-state index in [9.17, 15) is 24.8 Å². The highest BCUT2D eigenvalue weighted by Gasteiger charge is 2.66. The Bertz CT molecular complexity index is 1330. The molecular formula is C29H37FN4O6Si. The lowest BCUT2D eigenvalue weighted by molar-refractivity contribution is -0.385. The van der Waals surface area contributed by atoms with E-state index in [1.165, 1.54) is 12.1 Å². The van der Waals surface area contributed by atoms with E-state index in [2.05, 4.69) is 10.6 Å². The number of nitrogens with one attached hydrogen (secondary N) is 2. The number of aliphatic hydroxyl groups excluding tert-OH is 1. The maximum absolute atomic E-state index is 15.7. The molecule has 3 aliphatic rings. The highest BCUT2D eigenvalue weighted by atomic mass is 28.4. The van der Waals surface area contributed by atoms with E-state index >= 15 is 4.11 Å². The van der Waals surface area contributed by atoms with Crippen LogP contribution in [0.4, 0.5) is 21.2 Å². The van der Waals surface area contributed by atoms with E-state index < -0.39 is 42.4 Å². The van der Waals surface area contributed by atoms with Gasteiger partial charge >= 0.3 is 0 Å². The van der Waals surface area contributed by atoms with Gasteiger partial charge in [0.05, 0.1) is 29.2 Å². The fraction of sp³-hybridized carbons (Fsp3) is 0.517. The number of non-ortho nitro benzene ring substituents is 1. The molecule has 3 heterocycles.